The van der Waals surface area contributed by atoms with E-state index < -0.39 is 18.1 Å². The van der Waals surface area contributed by atoms with Gasteiger partial charge in [-0.2, -0.15) is 0 Å². The van der Waals surface area contributed by atoms with Crippen LogP contribution < -0.4 is 0 Å². The monoisotopic (exact) mass is 118 g/mol. The Morgan fingerprint density at radius 1 is 1.88 bits per heavy atom. The van der Waals surface area contributed by atoms with Crippen LogP contribution in [0.25, 0.3) is 0 Å². The molecule has 0 aliphatic carbocycles. The number of halogens is 1. The van der Waals surface area contributed by atoms with Crippen molar-refractivity contribution in [3.05, 3.63) is 11.9 Å². The zero-order valence-corrected chi connectivity index (χ0v) is 3.80. The Bertz CT molecular complexity index is 151. The van der Waals surface area contributed by atoms with E-state index in [9.17, 15) is 9.18 Å². The van der Waals surface area contributed by atoms with E-state index in [0.29, 0.717) is 6.08 Å². The Balaban J connectivity index is 2.73. The fourth-order valence-corrected chi connectivity index (χ4v) is 0.384. The number of aliphatic hydroxyl groups is 1. The van der Waals surface area contributed by atoms with Crippen LogP contribution in [-0.2, 0) is 9.53 Å². The molecule has 1 aliphatic heterocycles. The van der Waals surface area contributed by atoms with Gasteiger partial charge in [0, 0.05) is 0 Å². The lowest BCUT2D eigenvalue weighted by molar-refractivity contribution is -0.152. The highest BCUT2D eigenvalue weighted by Gasteiger charge is 2.22. The molecule has 0 saturated heterocycles. The van der Waals surface area contributed by atoms with Crippen molar-refractivity contribution in [2.45, 2.75) is 6.29 Å². The number of aliphatic hydroxyl groups excluding tert-OH is 1. The highest BCUT2D eigenvalue weighted by atomic mass is 19.1. The number of hydrogen-bond acceptors (Lipinski definition) is 3. The van der Waals surface area contributed by atoms with Crippen LogP contribution >= 0.6 is 0 Å². The molecule has 4 heteroatoms. The molecule has 0 fully saturated rings. The van der Waals surface area contributed by atoms with Crippen molar-refractivity contribution >= 4 is 5.97 Å². The molecule has 1 aliphatic rings. The summed E-state index contributed by atoms with van der Waals surface area (Å²) in [6.07, 6.45) is -1.06. The number of ether oxygens (including phenoxy) is 1. The van der Waals surface area contributed by atoms with Crippen molar-refractivity contribution < 1.29 is 19.0 Å². The van der Waals surface area contributed by atoms with Gasteiger partial charge in [-0.25, -0.2) is 9.18 Å². The van der Waals surface area contributed by atoms with Crippen molar-refractivity contribution in [1.29, 1.82) is 0 Å². The summed E-state index contributed by atoms with van der Waals surface area (Å²) in [6, 6.07) is 0. The standard InChI is InChI=1S/C4H3FO3/c5-2-1-3(6)8-4(2)7/h1,4,7H. The zero-order valence-electron chi connectivity index (χ0n) is 3.80. The smallest absolute Gasteiger partial charge is 0.336 e. The number of cyclic esters (lactones) is 1. The van der Waals surface area contributed by atoms with Crippen molar-refractivity contribution in [2.75, 3.05) is 0 Å². The van der Waals surface area contributed by atoms with E-state index in [0.717, 1.165) is 0 Å². The molecule has 0 bridgehead atoms. The van der Waals surface area contributed by atoms with Crippen LogP contribution in [0.4, 0.5) is 4.39 Å². The van der Waals surface area contributed by atoms with E-state index in [1.807, 2.05) is 0 Å². The molecule has 3 nitrogen and oxygen atoms in total. The maximum absolute atomic E-state index is 11.8. The van der Waals surface area contributed by atoms with Crippen molar-refractivity contribution in [3.63, 3.8) is 0 Å². The molecule has 1 N–H and O–H groups in total. The molecule has 0 radical (unpaired) electrons. The molecule has 1 atom stereocenters. The van der Waals surface area contributed by atoms with E-state index in [2.05, 4.69) is 4.74 Å². The molecule has 0 aromatic heterocycles. The van der Waals surface area contributed by atoms with Crippen LogP contribution in [0.15, 0.2) is 11.9 Å². The van der Waals surface area contributed by atoms with Gasteiger partial charge in [-0.15, -0.1) is 0 Å². The van der Waals surface area contributed by atoms with Crippen LogP contribution in [-0.4, -0.2) is 17.4 Å². The minimum atomic E-state index is -1.66. The average molecular weight is 118 g/mol. The summed E-state index contributed by atoms with van der Waals surface area (Å²) in [5, 5.41) is 8.28. The number of hydrogen-bond donors (Lipinski definition) is 1. The van der Waals surface area contributed by atoms with Gasteiger partial charge in [0.2, 0.25) is 0 Å². The van der Waals surface area contributed by atoms with E-state index in [4.69, 9.17) is 5.11 Å². The molecule has 0 spiro atoms. The van der Waals surface area contributed by atoms with Gasteiger partial charge in [0.05, 0.1) is 6.08 Å². The summed E-state index contributed by atoms with van der Waals surface area (Å²) < 4.78 is 15.8. The second-order valence-electron chi connectivity index (χ2n) is 1.32. The highest BCUT2D eigenvalue weighted by Crippen LogP contribution is 2.12. The lowest BCUT2D eigenvalue weighted by Gasteiger charge is -1.96. The SMILES string of the molecule is O=C1C=C(F)C(O)O1. The normalized spacial score (nSPS) is 27.5. The van der Waals surface area contributed by atoms with Gasteiger partial charge in [0.15, 0.2) is 5.83 Å². The maximum atomic E-state index is 11.8. The van der Waals surface area contributed by atoms with Gasteiger partial charge in [0.25, 0.3) is 6.29 Å². The van der Waals surface area contributed by atoms with Gasteiger partial charge in [-0.05, 0) is 0 Å². The Kier molecular flexibility index (Phi) is 1.02. The molecule has 1 heterocycles. The summed E-state index contributed by atoms with van der Waals surface area (Å²) in [6.45, 7) is 0. The van der Waals surface area contributed by atoms with Crippen LogP contribution in [0.2, 0.25) is 0 Å². The van der Waals surface area contributed by atoms with E-state index in [-0.39, 0.29) is 0 Å². The number of esters is 1. The second kappa shape index (κ2) is 1.56. The van der Waals surface area contributed by atoms with Gasteiger partial charge >= 0.3 is 5.97 Å². The Morgan fingerprint density at radius 3 is 2.62 bits per heavy atom. The first-order valence-electron chi connectivity index (χ1n) is 1.96. The summed E-state index contributed by atoms with van der Waals surface area (Å²) >= 11 is 0. The lowest BCUT2D eigenvalue weighted by Crippen LogP contribution is -2.07. The zero-order chi connectivity index (χ0) is 6.15. The van der Waals surface area contributed by atoms with Crippen LogP contribution in [0.1, 0.15) is 0 Å². The second-order valence-corrected chi connectivity index (χ2v) is 1.32. The lowest BCUT2D eigenvalue weighted by atomic mass is 10.5. The topological polar surface area (TPSA) is 46.5 Å². The minimum absolute atomic E-state index is 0.602. The Hall–Kier alpha value is -0.900. The Morgan fingerprint density at radius 2 is 2.50 bits per heavy atom. The first-order chi connectivity index (χ1) is 3.70. The Labute approximate surface area is 44.4 Å². The van der Waals surface area contributed by atoms with Gasteiger partial charge in [-0.1, -0.05) is 0 Å². The van der Waals surface area contributed by atoms with Crippen LogP contribution in [0, 0.1) is 0 Å². The van der Waals surface area contributed by atoms with Crippen molar-refractivity contribution in [1.82, 2.24) is 0 Å². The predicted molar refractivity (Wildman–Crippen MR) is 21.3 cm³/mol. The molecule has 1 unspecified atom stereocenters. The molecule has 0 saturated carbocycles. The van der Waals surface area contributed by atoms with Gasteiger partial charge < -0.3 is 9.84 Å². The maximum Gasteiger partial charge on any atom is 0.336 e. The van der Waals surface area contributed by atoms with Gasteiger partial charge in [-0.3, -0.25) is 0 Å². The molecule has 0 amide bonds. The fourth-order valence-electron chi connectivity index (χ4n) is 0.384. The van der Waals surface area contributed by atoms with Crippen LogP contribution in [0.3, 0.4) is 0 Å². The number of rotatable bonds is 0. The molecular formula is C4H3FO3. The molecule has 0 aromatic rings. The van der Waals surface area contributed by atoms with Crippen molar-refractivity contribution in [2.24, 2.45) is 0 Å². The van der Waals surface area contributed by atoms with E-state index >= 15 is 0 Å². The first kappa shape index (κ1) is 5.24. The summed E-state index contributed by atoms with van der Waals surface area (Å²) in [4.78, 5) is 9.97. The van der Waals surface area contributed by atoms with Crippen molar-refractivity contribution in [3.8, 4) is 0 Å². The average Bonchev–Trinajstić information content (AvgIpc) is 1.85. The molecule has 0 aromatic carbocycles. The third kappa shape index (κ3) is 0.696. The number of carbonyl (C=O) groups is 1. The highest BCUT2D eigenvalue weighted by molar-refractivity contribution is 5.84. The van der Waals surface area contributed by atoms with Gasteiger partial charge in [0.1, 0.15) is 0 Å². The molecule has 44 valence electrons. The molecule has 8 heavy (non-hydrogen) atoms. The molecular weight excluding hydrogens is 115 g/mol. The molecule has 1 rings (SSSR count). The minimum Gasteiger partial charge on any atom is -0.426 e. The first-order valence-corrected chi connectivity index (χ1v) is 1.96. The largest absolute Gasteiger partial charge is 0.426 e. The predicted octanol–water partition coefficient (Wildman–Crippen LogP) is -0.285. The third-order valence-corrected chi connectivity index (χ3v) is 0.719. The summed E-state index contributed by atoms with van der Waals surface area (Å²) in [5.74, 6) is -1.77. The summed E-state index contributed by atoms with van der Waals surface area (Å²) in [7, 11) is 0. The quantitative estimate of drug-likeness (QED) is 0.445. The third-order valence-electron chi connectivity index (χ3n) is 0.719. The van der Waals surface area contributed by atoms with E-state index in [1.165, 1.54) is 0 Å². The van der Waals surface area contributed by atoms with E-state index in [1.54, 1.807) is 0 Å². The summed E-state index contributed by atoms with van der Waals surface area (Å²) in [5.41, 5.74) is 0. The fraction of sp³-hybridized carbons (Fsp3) is 0.250. The number of carbonyl (C=O) groups excluding carboxylic acids is 1. The van der Waals surface area contributed by atoms with Crippen LogP contribution in [0.5, 0.6) is 0 Å².